The molecule has 0 fully saturated rings. The molecule has 8 heteroatoms. The smallest absolute Gasteiger partial charge is 0.262 e. The Morgan fingerprint density at radius 3 is 2.40 bits per heavy atom. The van der Waals surface area contributed by atoms with Crippen molar-refractivity contribution in [2.75, 3.05) is 13.6 Å². The van der Waals surface area contributed by atoms with Crippen molar-refractivity contribution in [3.63, 3.8) is 0 Å². The van der Waals surface area contributed by atoms with E-state index in [2.05, 4.69) is 0 Å². The van der Waals surface area contributed by atoms with Crippen molar-refractivity contribution in [2.24, 2.45) is 0 Å². The zero-order valence-electron chi connectivity index (χ0n) is 11.0. The van der Waals surface area contributed by atoms with Crippen molar-refractivity contribution in [1.82, 2.24) is 4.90 Å². The second-order valence-electron chi connectivity index (χ2n) is 4.25. The molecule has 20 heavy (non-hydrogen) atoms. The molecule has 1 amide bonds. The minimum absolute atomic E-state index is 0.0475. The zero-order valence-corrected chi connectivity index (χ0v) is 14.1. The average molecular weight is 359 g/mol. The highest BCUT2D eigenvalue weighted by Gasteiger charge is 2.25. The third-order valence-electron chi connectivity index (χ3n) is 2.73. The predicted octanol–water partition coefficient (Wildman–Crippen LogP) is 3.79. The Kier molecular flexibility index (Phi) is 6.13. The summed E-state index contributed by atoms with van der Waals surface area (Å²) in [6, 6.07) is 2.47. The zero-order chi connectivity index (χ0) is 15.5. The summed E-state index contributed by atoms with van der Waals surface area (Å²) in [5, 5.41) is -0.159. The topological polar surface area (TPSA) is 54.5 Å². The Hall–Kier alpha value is -0.490. The molecular weight excluding hydrogens is 345 g/mol. The van der Waals surface area contributed by atoms with Gasteiger partial charge in [-0.05, 0) is 18.6 Å². The van der Waals surface area contributed by atoms with Crippen LogP contribution in [0, 0.1) is 0 Å². The van der Waals surface area contributed by atoms with Crippen molar-refractivity contribution >= 4 is 48.8 Å². The fraction of sp³-hybridized carbons (Fsp3) is 0.417. The van der Waals surface area contributed by atoms with Crippen LogP contribution in [0.2, 0.25) is 10.0 Å². The summed E-state index contributed by atoms with van der Waals surface area (Å²) < 4.78 is 22.8. The highest BCUT2D eigenvalue weighted by atomic mass is 35.7. The first-order chi connectivity index (χ1) is 9.20. The summed E-state index contributed by atoms with van der Waals surface area (Å²) in [4.78, 5) is 13.4. The van der Waals surface area contributed by atoms with E-state index in [1.54, 1.807) is 7.05 Å². The molecule has 0 bridgehead atoms. The average Bonchev–Trinajstić information content (AvgIpc) is 2.34. The molecule has 0 saturated heterocycles. The largest absolute Gasteiger partial charge is 0.342 e. The van der Waals surface area contributed by atoms with Gasteiger partial charge < -0.3 is 4.90 Å². The summed E-state index contributed by atoms with van der Waals surface area (Å²) >= 11 is 11.9. The molecular formula is C12H14Cl3NO3S. The Labute approximate surface area is 133 Å². The van der Waals surface area contributed by atoms with Gasteiger partial charge in [-0.2, -0.15) is 0 Å². The second-order valence-corrected chi connectivity index (χ2v) is 7.57. The van der Waals surface area contributed by atoms with Crippen LogP contribution in [-0.4, -0.2) is 32.8 Å². The van der Waals surface area contributed by atoms with Gasteiger partial charge in [-0.15, -0.1) is 0 Å². The first-order valence-corrected chi connectivity index (χ1v) is 8.94. The monoisotopic (exact) mass is 357 g/mol. The molecule has 1 rings (SSSR count). The SMILES string of the molecule is CCCCN(C)C(=O)c1c(Cl)ccc(S(=O)(=O)Cl)c1Cl. The standard InChI is InChI=1S/C12H14Cl3NO3S/c1-3-4-7-16(2)12(17)10-8(13)5-6-9(11(10)14)20(15,18)19/h5-6H,3-4,7H2,1-2H3. The van der Waals surface area contributed by atoms with Gasteiger partial charge in [-0.3, -0.25) is 4.79 Å². The fourth-order valence-corrected chi connectivity index (χ4v) is 3.49. The van der Waals surface area contributed by atoms with E-state index in [0.717, 1.165) is 12.8 Å². The lowest BCUT2D eigenvalue weighted by Crippen LogP contribution is -2.28. The van der Waals surface area contributed by atoms with Gasteiger partial charge in [0.05, 0.1) is 15.6 Å². The Morgan fingerprint density at radius 2 is 1.90 bits per heavy atom. The molecule has 0 spiro atoms. The molecule has 4 nitrogen and oxygen atoms in total. The second kappa shape index (κ2) is 6.98. The molecule has 0 aliphatic carbocycles. The molecule has 0 aliphatic rings. The lowest BCUT2D eigenvalue weighted by molar-refractivity contribution is 0.0793. The Morgan fingerprint density at radius 1 is 1.30 bits per heavy atom. The molecule has 0 aromatic heterocycles. The van der Waals surface area contributed by atoms with E-state index < -0.39 is 15.0 Å². The number of rotatable bonds is 5. The van der Waals surface area contributed by atoms with Gasteiger partial charge in [-0.1, -0.05) is 36.5 Å². The number of amides is 1. The molecule has 0 radical (unpaired) electrons. The van der Waals surface area contributed by atoms with Gasteiger partial charge in [0, 0.05) is 24.3 Å². The van der Waals surface area contributed by atoms with Gasteiger partial charge >= 0.3 is 0 Å². The maximum absolute atomic E-state index is 12.3. The van der Waals surface area contributed by atoms with Gasteiger partial charge in [0.2, 0.25) is 0 Å². The van der Waals surface area contributed by atoms with Gasteiger partial charge in [0.25, 0.3) is 15.0 Å². The van der Waals surface area contributed by atoms with E-state index in [1.807, 2.05) is 6.92 Å². The lowest BCUT2D eigenvalue weighted by Gasteiger charge is -2.19. The number of hydrogen-bond donors (Lipinski definition) is 0. The van der Waals surface area contributed by atoms with E-state index in [0.29, 0.717) is 6.54 Å². The van der Waals surface area contributed by atoms with Crippen LogP contribution < -0.4 is 0 Å². The van der Waals surface area contributed by atoms with Crippen molar-refractivity contribution in [1.29, 1.82) is 0 Å². The van der Waals surface area contributed by atoms with Crippen LogP contribution >= 0.6 is 33.9 Å². The van der Waals surface area contributed by atoms with Crippen LogP contribution in [0.5, 0.6) is 0 Å². The number of unbranched alkanes of at least 4 members (excludes halogenated alkanes) is 1. The van der Waals surface area contributed by atoms with Crippen molar-refractivity contribution < 1.29 is 13.2 Å². The fourth-order valence-electron chi connectivity index (χ4n) is 1.61. The van der Waals surface area contributed by atoms with E-state index >= 15 is 0 Å². The lowest BCUT2D eigenvalue weighted by atomic mass is 10.2. The molecule has 0 aliphatic heterocycles. The molecule has 1 aromatic rings. The van der Waals surface area contributed by atoms with Crippen LogP contribution in [0.4, 0.5) is 0 Å². The molecule has 0 heterocycles. The van der Waals surface area contributed by atoms with Gasteiger partial charge in [0.1, 0.15) is 4.90 Å². The van der Waals surface area contributed by atoms with Crippen molar-refractivity contribution in [3.05, 3.63) is 27.7 Å². The number of hydrogen-bond acceptors (Lipinski definition) is 3. The Bertz CT molecular complexity index is 617. The third kappa shape index (κ3) is 4.01. The number of carbonyl (C=O) groups is 1. The number of carbonyl (C=O) groups excluding carboxylic acids is 1. The molecule has 0 atom stereocenters. The predicted molar refractivity (Wildman–Crippen MR) is 81.4 cm³/mol. The van der Waals surface area contributed by atoms with Crippen molar-refractivity contribution in [2.45, 2.75) is 24.7 Å². The molecule has 0 saturated carbocycles. The first-order valence-electron chi connectivity index (χ1n) is 5.88. The van der Waals surface area contributed by atoms with E-state index in [4.69, 9.17) is 33.9 Å². The highest BCUT2D eigenvalue weighted by Crippen LogP contribution is 2.33. The number of benzene rings is 1. The third-order valence-corrected chi connectivity index (χ3v) is 4.91. The Balaban J connectivity index is 3.28. The normalized spacial score (nSPS) is 11.4. The summed E-state index contributed by atoms with van der Waals surface area (Å²) in [5.74, 6) is -0.435. The summed E-state index contributed by atoms with van der Waals surface area (Å²) in [5.41, 5.74) is -0.0475. The van der Waals surface area contributed by atoms with Gasteiger partial charge in [-0.25, -0.2) is 8.42 Å². The minimum Gasteiger partial charge on any atom is -0.342 e. The summed E-state index contributed by atoms with van der Waals surface area (Å²) in [7, 11) is 2.84. The number of halogens is 3. The van der Waals surface area contributed by atoms with E-state index in [1.165, 1.54) is 17.0 Å². The molecule has 112 valence electrons. The quantitative estimate of drug-likeness (QED) is 0.752. The number of nitrogens with zero attached hydrogens (tertiary/aromatic N) is 1. The maximum atomic E-state index is 12.3. The maximum Gasteiger partial charge on any atom is 0.262 e. The first kappa shape index (κ1) is 17.6. The van der Waals surface area contributed by atoms with Crippen LogP contribution in [0.15, 0.2) is 17.0 Å². The van der Waals surface area contributed by atoms with E-state index in [9.17, 15) is 13.2 Å². The van der Waals surface area contributed by atoms with Crippen LogP contribution in [0.3, 0.4) is 0 Å². The highest BCUT2D eigenvalue weighted by molar-refractivity contribution is 8.13. The summed E-state index contributed by atoms with van der Waals surface area (Å²) in [6.45, 7) is 2.53. The molecule has 0 unspecified atom stereocenters. The van der Waals surface area contributed by atoms with Crippen LogP contribution in [-0.2, 0) is 9.05 Å². The minimum atomic E-state index is -4.04. The van der Waals surface area contributed by atoms with Gasteiger partial charge in [0.15, 0.2) is 0 Å². The van der Waals surface area contributed by atoms with Crippen LogP contribution in [0.1, 0.15) is 30.1 Å². The van der Waals surface area contributed by atoms with Crippen molar-refractivity contribution in [3.8, 4) is 0 Å². The molecule has 0 N–H and O–H groups in total. The molecule has 1 aromatic carbocycles. The summed E-state index contributed by atoms with van der Waals surface area (Å²) in [6.07, 6.45) is 1.75. The van der Waals surface area contributed by atoms with E-state index in [-0.39, 0.29) is 20.5 Å². The van der Waals surface area contributed by atoms with Crippen LogP contribution in [0.25, 0.3) is 0 Å².